The van der Waals surface area contributed by atoms with E-state index in [1.54, 1.807) is 34.0 Å². The number of fused-ring (bicyclic) bond motifs is 5. The second kappa shape index (κ2) is 14.2. The summed E-state index contributed by atoms with van der Waals surface area (Å²) >= 11 is 5.04. The van der Waals surface area contributed by atoms with Crippen molar-refractivity contribution in [3.8, 4) is 21.7 Å². The fourth-order valence-electron chi connectivity index (χ4n) is 5.92. The molecule has 12 nitrogen and oxygen atoms in total. The van der Waals surface area contributed by atoms with E-state index in [1.165, 1.54) is 25.9 Å². The van der Waals surface area contributed by atoms with Crippen LogP contribution in [0.4, 0.5) is 15.7 Å². The largest absolute Gasteiger partial charge is 0.471 e. The molecule has 0 saturated carbocycles. The Kier molecular flexibility index (Phi) is 9.25. The van der Waals surface area contributed by atoms with Gasteiger partial charge in [-0.05, 0) is 54.0 Å². The number of aromatic nitrogens is 5. The standard InChI is InChI=1S/C37H33N9O3S4/c1-46(12-13-48-37(47)40-18-21-8-10-22(11-9-21)19-49-34-30-33(42-20-41-30)44-36(39)45-34)29-16-28-32(52-29)31-27(53(28,2)3)15-24(50-31)14-23(17-38)35-43-25-6-4-5-7-26(25)51-35/h4-11,14-16,20H,12-13,18-19H2,1-3H3,(H,40,47)(H3,39,41,42,44,45)/b23-14-. The number of hydrogen-bond acceptors (Lipinski definition) is 13. The Balaban J connectivity index is 0.839. The van der Waals surface area contributed by atoms with Crippen LogP contribution >= 0.6 is 44.0 Å². The molecule has 1 amide bonds. The number of para-hydroxylation sites is 1. The van der Waals surface area contributed by atoms with E-state index in [1.807, 2.05) is 61.7 Å². The van der Waals surface area contributed by atoms with Gasteiger partial charge in [-0.1, -0.05) is 36.4 Å². The van der Waals surface area contributed by atoms with Crippen LogP contribution in [0.2, 0.25) is 0 Å². The molecule has 0 fully saturated rings. The molecule has 5 aromatic heterocycles. The van der Waals surface area contributed by atoms with Crippen molar-refractivity contribution in [1.29, 1.82) is 5.26 Å². The molecule has 0 atom stereocenters. The van der Waals surface area contributed by atoms with Gasteiger partial charge >= 0.3 is 6.09 Å². The maximum Gasteiger partial charge on any atom is 0.407 e. The number of imidazole rings is 1. The first-order valence-electron chi connectivity index (χ1n) is 16.4. The van der Waals surface area contributed by atoms with Crippen molar-refractivity contribution in [3.05, 3.63) is 88.0 Å². The number of anilines is 2. The summed E-state index contributed by atoms with van der Waals surface area (Å²) in [5, 5.41) is 14.7. The van der Waals surface area contributed by atoms with E-state index in [0.29, 0.717) is 35.7 Å². The first-order valence-corrected chi connectivity index (χ1v) is 21.3. The molecule has 1 aliphatic rings. The fraction of sp³-hybridized carbons (Fsp3) is 0.189. The van der Waals surface area contributed by atoms with Gasteiger partial charge < -0.3 is 30.4 Å². The minimum absolute atomic E-state index is 0.103. The average molecular weight is 780 g/mol. The van der Waals surface area contributed by atoms with Crippen molar-refractivity contribution in [2.24, 2.45) is 0 Å². The van der Waals surface area contributed by atoms with Crippen LogP contribution < -0.4 is 20.7 Å². The number of nitrogens with zero attached hydrogens (tertiary/aromatic N) is 6. The van der Waals surface area contributed by atoms with Gasteiger partial charge in [-0.3, -0.25) is 0 Å². The van der Waals surface area contributed by atoms with Crippen LogP contribution in [0.15, 0.2) is 76.8 Å². The normalized spacial score (nSPS) is 13.7. The van der Waals surface area contributed by atoms with Crippen LogP contribution in [0.25, 0.3) is 42.8 Å². The number of H-pyrrole nitrogens is 1. The summed E-state index contributed by atoms with van der Waals surface area (Å²) in [6.07, 6.45) is 7.68. The van der Waals surface area contributed by atoms with Crippen molar-refractivity contribution >= 4 is 94.1 Å². The zero-order valence-electron chi connectivity index (χ0n) is 28.9. The number of hydrogen-bond donors (Lipinski definition) is 3. The quantitative estimate of drug-likeness (QED) is 0.109. The van der Waals surface area contributed by atoms with Gasteiger partial charge in [0.2, 0.25) is 11.8 Å². The van der Waals surface area contributed by atoms with Gasteiger partial charge in [0.15, 0.2) is 11.2 Å². The first-order chi connectivity index (χ1) is 25.7. The summed E-state index contributed by atoms with van der Waals surface area (Å²) in [5.41, 5.74) is 10.1. The van der Waals surface area contributed by atoms with Gasteiger partial charge in [0.25, 0.3) is 0 Å². The van der Waals surface area contributed by atoms with E-state index >= 15 is 0 Å². The molecule has 16 heteroatoms. The van der Waals surface area contributed by atoms with E-state index in [-0.39, 0.29) is 19.2 Å². The number of thiophene rings is 2. The third-order valence-corrected chi connectivity index (χ3v) is 15.4. The third kappa shape index (κ3) is 6.91. The molecule has 2 aromatic carbocycles. The number of rotatable bonds is 11. The Labute approximate surface area is 318 Å². The minimum atomic E-state index is -1.23. The Morgan fingerprint density at radius 2 is 1.81 bits per heavy atom. The second-order valence-corrected chi connectivity index (χ2v) is 19.3. The summed E-state index contributed by atoms with van der Waals surface area (Å²) in [7, 11) is 0.796. The lowest BCUT2D eigenvalue weighted by Gasteiger charge is -2.26. The van der Waals surface area contributed by atoms with Gasteiger partial charge in [0, 0.05) is 28.3 Å². The molecular weight excluding hydrogens is 747 g/mol. The first kappa shape index (κ1) is 34.6. The number of amides is 1. The molecule has 0 radical (unpaired) electrons. The summed E-state index contributed by atoms with van der Waals surface area (Å²) in [6, 6.07) is 22.6. The predicted molar refractivity (Wildman–Crippen MR) is 215 cm³/mol. The molecule has 1 aliphatic heterocycles. The highest BCUT2D eigenvalue weighted by atomic mass is 32.3. The van der Waals surface area contributed by atoms with Crippen LogP contribution in [-0.2, 0) is 17.9 Å². The van der Waals surface area contributed by atoms with E-state index in [2.05, 4.69) is 60.9 Å². The fourth-order valence-corrected chi connectivity index (χ4v) is 13.0. The molecule has 8 rings (SSSR count). The SMILES string of the molecule is CN(CCOC(=O)NCc1ccc(COc2nc(N)nc3[nH]cnc23)cc1)c1cc2c(s1)-c1sc(/C=C(/C#N)c3nc4ccccc4s3)cc1S2(C)C. The highest BCUT2D eigenvalue weighted by molar-refractivity contribution is 8.33. The van der Waals surface area contributed by atoms with Gasteiger partial charge in [-0.15, -0.1) is 34.0 Å². The van der Waals surface area contributed by atoms with Crippen molar-refractivity contribution < 1.29 is 14.3 Å². The number of alkyl carbamates (subject to hydrolysis) is 1. The number of nitrogens with one attached hydrogen (secondary N) is 2. The van der Waals surface area contributed by atoms with E-state index in [0.717, 1.165) is 36.2 Å². The molecule has 0 unspecified atom stereocenters. The molecule has 0 spiro atoms. The number of nitriles is 1. The van der Waals surface area contributed by atoms with Gasteiger partial charge in [0.05, 0.1) is 43.4 Å². The third-order valence-electron chi connectivity index (χ3n) is 8.77. The molecule has 6 heterocycles. The van der Waals surface area contributed by atoms with Crippen LogP contribution in [0.5, 0.6) is 5.88 Å². The van der Waals surface area contributed by atoms with Crippen LogP contribution in [0.1, 0.15) is 21.0 Å². The Morgan fingerprint density at radius 1 is 1.04 bits per heavy atom. The monoisotopic (exact) mass is 779 g/mol. The molecule has 268 valence electrons. The molecule has 0 saturated heterocycles. The lowest BCUT2D eigenvalue weighted by molar-refractivity contribution is 0.148. The zero-order chi connectivity index (χ0) is 36.7. The number of thiazole rings is 1. The van der Waals surface area contributed by atoms with Crippen molar-refractivity contribution in [1.82, 2.24) is 30.2 Å². The van der Waals surface area contributed by atoms with Crippen LogP contribution in [0.3, 0.4) is 0 Å². The maximum absolute atomic E-state index is 12.5. The Morgan fingerprint density at radius 3 is 2.62 bits per heavy atom. The molecule has 7 aromatic rings. The number of carbonyl (C=O) groups is 1. The maximum atomic E-state index is 12.5. The van der Waals surface area contributed by atoms with Gasteiger partial charge in [0.1, 0.15) is 24.3 Å². The van der Waals surface area contributed by atoms with E-state index in [4.69, 9.17) is 20.2 Å². The molecular formula is C37H33N9O3S4. The summed E-state index contributed by atoms with van der Waals surface area (Å²) < 4.78 is 12.4. The summed E-state index contributed by atoms with van der Waals surface area (Å²) in [4.78, 5) is 41.0. The number of allylic oxidation sites excluding steroid dienone is 1. The molecule has 0 aliphatic carbocycles. The van der Waals surface area contributed by atoms with Gasteiger partial charge in [-0.2, -0.15) is 25.3 Å². The number of aromatic amines is 1. The number of nitrogens with two attached hydrogens (primary N) is 1. The number of nitrogen functional groups attached to an aromatic ring is 1. The van der Waals surface area contributed by atoms with Crippen LogP contribution in [-0.4, -0.2) is 63.7 Å². The van der Waals surface area contributed by atoms with Crippen LogP contribution in [0, 0.1) is 11.3 Å². The van der Waals surface area contributed by atoms with E-state index in [9.17, 15) is 10.1 Å². The molecule has 53 heavy (non-hydrogen) atoms. The topological polar surface area (TPSA) is 168 Å². The Bertz CT molecular complexity index is 2530. The lowest BCUT2D eigenvalue weighted by Crippen LogP contribution is -2.28. The average Bonchev–Trinajstić information content (AvgIpc) is 3.98. The van der Waals surface area contributed by atoms with Crippen molar-refractivity contribution in [3.63, 3.8) is 0 Å². The number of likely N-dealkylation sites (N-methyl/N-ethyl adjacent to an activating group) is 1. The highest BCUT2D eigenvalue weighted by Gasteiger charge is 2.36. The minimum Gasteiger partial charge on any atom is -0.471 e. The van der Waals surface area contributed by atoms with Crippen molar-refractivity contribution in [2.75, 3.05) is 43.3 Å². The number of ether oxygens (including phenoxy) is 2. The smallest absolute Gasteiger partial charge is 0.407 e. The Hall–Kier alpha value is -5.47. The number of benzene rings is 2. The summed E-state index contributed by atoms with van der Waals surface area (Å²) in [5.74, 6) is 0.416. The van der Waals surface area contributed by atoms with Crippen molar-refractivity contribution in [2.45, 2.75) is 22.9 Å². The summed E-state index contributed by atoms with van der Waals surface area (Å²) in [6.45, 7) is 1.41. The van der Waals surface area contributed by atoms with Gasteiger partial charge in [-0.25, -0.2) is 14.8 Å². The second-order valence-electron chi connectivity index (χ2n) is 12.6. The molecule has 0 bridgehead atoms. The molecule has 4 N–H and O–H groups in total. The predicted octanol–water partition coefficient (Wildman–Crippen LogP) is 8.14. The lowest BCUT2D eigenvalue weighted by atomic mass is 10.1. The highest BCUT2D eigenvalue weighted by Crippen LogP contribution is 2.71. The number of carbonyl (C=O) groups excluding carboxylic acids is 1. The van der Waals surface area contributed by atoms with E-state index < -0.39 is 16.1 Å². The zero-order valence-corrected chi connectivity index (χ0v) is 32.1.